The number of carbonyl (C=O) groups is 1. The van der Waals surface area contributed by atoms with Gasteiger partial charge in [-0.05, 0) is 29.8 Å². The maximum absolute atomic E-state index is 11.5. The molecule has 90 valence electrons. The smallest absolute Gasteiger partial charge is 0.354 e. The summed E-state index contributed by atoms with van der Waals surface area (Å²) in [5.74, 6) is -0.364. The number of carbonyl (C=O) groups excluding carboxylic acids is 1. The Kier molecular flexibility index (Phi) is 3.16. The predicted molar refractivity (Wildman–Crippen MR) is 66.9 cm³/mol. The number of nitrogens with zero attached hydrogens (tertiary/aromatic N) is 2. The summed E-state index contributed by atoms with van der Waals surface area (Å²) >= 11 is 0. The normalized spacial score (nSPS) is 9.83. The number of nitriles is 1. The number of hydrogen-bond donors (Lipinski definition) is 0. The van der Waals surface area contributed by atoms with Crippen LogP contribution in [0.3, 0.4) is 0 Å². The summed E-state index contributed by atoms with van der Waals surface area (Å²) in [5, 5.41) is 8.75. The first-order valence-electron chi connectivity index (χ1n) is 5.42. The van der Waals surface area contributed by atoms with Crippen molar-refractivity contribution in [3.05, 3.63) is 47.7 Å². The van der Waals surface area contributed by atoms with Crippen molar-refractivity contribution in [2.24, 2.45) is 7.05 Å². The summed E-state index contributed by atoms with van der Waals surface area (Å²) < 4.78 is 6.47. The summed E-state index contributed by atoms with van der Waals surface area (Å²) in [5.41, 5.74) is 2.96. The van der Waals surface area contributed by atoms with E-state index < -0.39 is 0 Å². The van der Waals surface area contributed by atoms with Crippen LogP contribution < -0.4 is 0 Å². The van der Waals surface area contributed by atoms with Crippen LogP contribution in [0.2, 0.25) is 0 Å². The van der Waals surface area contributed by atoms with Gasteiger partial charge >= 0.3 is 5.97 Å². The monoisotopic (exact) mass is 240 g/mol. The van der Waals surface area contributed by atoms with E-state index >= 15 is 0 Å². The van der Waals surface area contributed by atoms with Gasteiger partial charge in [0.25, 0.3) is 0 Å². The fraction of sp³-hybridized carbons (Fsp3) is 0.143. The zero-order valence-electron chi connectivity index (χ0n) is 10.2. The van der Waals surface area contributed by atoms with Crippen molar-refractivity contribution in [2.45, 2.75) is 0 Å². The van der Waals surface area contributed by atoms with Crippen LogP contribution in [0.1, 0.15) is 16.1 Å². The van der Waals surface area contributed by atoms with Crippen LogP contribution in [0.4, 0.5) is 0 Å². The van der Waals surface area contributed by atoms with Gasteiger partial charge in [0.2, 0.25) is 0 Å². The number of ether oxygens (including phenoxy) is 1. The van der Waals surface area contributed by atoms with Crippen LogP contribution in [-0.4, -0.2) is 17.6 Å². The molecule has 1 aromatic heterocycles. The van der Waals surface area contributed by atoms with Crippen molar-refractivity contribution in [3.8, 4) is 17.3 Å². The molecule has 0 aliphatic heterocycles. The fourth-order valence-electron chi connectivity index (χ4n) is 1.83. The molecule has 0 N–H and O–H groups in total. The molecule has 2 rings (SSSR count). The Balaban J connectivity index is 2.42. The van der Waals surface area contributed by atoms with Crippen molar-refractivity contribution < 1.29 is 9.53 Å². The van der Waals surface area contributed by atoms with Gasteiger partial charge in [0.15, 0.2) is 0 Å². The topological polar surface area (TPSA) is 55.0 Å². The molecular weight excluding hydrogens is 228 g/mol. The molecule has 0 unspecified atom stereocenters. The number of esters is 1. The first-order chi connectivity index (χ1) is 8.67. The van der Waals surface area contributed by atoms with E-state index in [1.807, 2.05) is 18.2 Å². The summed E-state index contributed by atoms with van der Waals surface area (Å²) in [6.07, 6.45) is 0. The minimum absolute atomic E-state index is 0.364. The van der Waals surface area contributed by atoms with Gasteiger partial charge in [0, 0.05) is 12.7 Å². The molecular formula is C14H12N2O2. The van der Waals surface area contributed by atoms with Crippen LogP contribution in [0.15, 0.2) is 36.4 Å². The molecule has 1 heterocycles. The SMILES string of the molecule is COC(=O)c1ccc(-c2ccc(C#N)cc2)n1C. The molecule has 1 aromatic carbocycles. The quantitative estimate of drug-likeness (QED) is 0.757. The maximum Gasteiger partial charge on any atom is 0.354 e. The zero-order chi connectivity index (χ0) is 13.1. The highest BCUT2D eigenvalue weighted by Gasteiger charge is 2.13. The van der Waals surface area contributed by atoms with Gasteiger partial charge in [-0.1, -0.05) is 12.1 Å². The second-order valence-corrected chi connectivity index (χ2v) is 3.84. The Bertz CT molecular complexity index is 618. The van der Waals surface area contributed by atoms with E-state index in [9.17, 15) is 4.79 Å². The molecule has 2 aromatic rings. The van der Waals surface area contributed by atoms with E-state index in [0.717, 1.165) is 11.3 Å². The van der Waals surface area contributed by atoms with Gasteiger partial charge < -0.3 is 9.30 Å². The first kappa shape index (κ1) is 11.9. The lowest BCUT2D eigenvalue weighted by Crippen LogP contribution is -2.07. The molecule has 0 radical (unpaired) electrons. The number of methoxy groups -OCH3 is 1. The largest absolute Gasteiger partial charge is 0.464 e. The third-order valence-electron chi connectivity index (χ3n) is 2.83. The van der Waals surface area contributed by atoms with Crippen LogP contribution >= 0.6 is 0 Å². The van der Waals surface area contributed by atoms with Crippen molar-refractivity contribution in [1.29, 1.82) is 5.26 Å². The summed E-state index contributed by atoms with van der Waals surface area (Å²) in [6, 6.07) is 12.9. The van der Waals surface area contributed by atoms with Crippen LogP contribution in [0.5, 0.6) is 0 Å². The van der Waals surface area contributed by atoms with Crippen LogP contribution in [0, 0.1) is 11.3 Å². The standard InChI is InChI=1S/C14H12N2O2/c1-16-12(7-8-13(16)14(17)18-2)11-5-3-10(9-15)4-6-11/h3-8H,1-2H3. The molecule has 0 aliphatic carbocycles. The molecule has 4 heteroatoms. The summed E-state index contributed by atoms with van der Waals surface area (Å²) in [7, 11) is 3.16. The van der Waals surface area contributed by atoms with E-state index in [0.29, 0.717) is 11.3 Å². The first-order valence-corrected chi connectivity index (χ1v) is 5.42. The van der Waals surface area contributed by atoms with Crippen molar-refractivity contribution in [1.82, 2.24) is 4.57 Å². The molecule has 0 bridgehead atoms. The Morgan fingerprint density at radius 1 is 1.22 bits per heavy atom. The molecule has 0 atom stereocenters. The minimum Gasteiger partial charge on any atom is -0.464 e. The van der Waals surface area contributed by atoms with Gasteiger partial charge in [0.1, 0.15) is 5.69 Å². The summed E-state index contributed by atoms with van der Waals surface area (Å²) in [4.78, 5) is 11.5. The maximum atomic E-state index is 11.5. The van der Waals surface area contributed by atoms with E-state index in [-0.39, 0.29) is 5.97 Å². The third-order valence-corrected chi connectivity index (χ3v) is 2.83. The highest BCUT2D eigenvalue weighted by molar-refractivity contribution is 5.89. The lowest BCUT2D eigenvalue weighted by molar-refractivity contribution is 0.0590. The lowest BCUT2D eigenvalue weighted by atomic mass is 10.1. The van der Waals surface area contributed by atoms with Gasteiger partial charge in [-0.15, -0.1) is 0 Å². The second-order valence-electron chi connectivity index (χ2n) is 3.84. The Morgan fingerprint density at radius 3 is 2.44 bits per heavy atom. The van der Waals surface area contributed by atoms with Crippen molar-refractivity contribution in [3.63, 3.8) is 0 Å². The molecule has 0 spiro atoms. The van der Waals surface area contributed by atoms with Gasteiger partial charge in [-0.25, -0.2) is 4.79 Å². The average Bonchev–Trinajstić information content (AvgIpc) is 2.80. The molecule has 0 aliphatic rings. The van der Waals surface area contributed by atoms with Gasteiger partial charge in [-0.3, -0.25) is 0 Å². The molecule has 0 saturated carbocycles. The second kappa shape index (κ2) is 4.76. The van der Waals surface area contributed by atoms with E-state index in [4.69, 9.17) is 10.00 Å². The number of benzene rings is 1. The van der Waals surface area contributed by atoms with Gasteiger partial charge in [0.05, 0.1) is 18.7 Å². The average molecular weight is 240 g/mol. The summed E-state index contributed by atoms with van der Waals surface area (Å²) in [6.45, 7) is 0. The molecule has 0 fully saturated rings. The molecule has 0 amide bonds. The Morgan fingerprint density at radius 2 is 1.89 bits per heavy atom. The Hall–Kier alpha value is -2.54. The molecule has 18 heavy (non-hydrogen) atoms. The lowest BCUT2D eigenvalue weighted by Gasteiger charge is -2.06. The molecule has 4 nitrogen and oxygen atoms in total. The zero-order valence-corrected chi connectivity index (χ0v) is 10.2. The highest BCUT2D eigenvalue weighted by Crippen LogP contribution is 2.22. The third kappa shape index (κ3) is 1.98. The fourth-order valence-corrected chi connectivity index (χ4v) is 1.83. The number of rotatable bonds is 2. The Labute approximate surface area is 105 Å². The van der Waals surface area contributed by atoms with E-state index in [1.165, 1.54) is 7.11 Å². The van der Waals surface area contributed by atoms with Gasteiger partial charge in [-0.2, -0.15) is 5.26 Å². The van der Waals surface area contributed by atoms with Crippen molar-refractivity contribution >= 4 is 5.97 Å². The molecule has 0 saturated heterocycles. The minimum atomic E-state index is -0.364. The van der Waals surface area contributed by atoms with E-state index in [2.05, 4.69) is 6.07 Å². The predicted octanol–water partition coefficient (Wildman–Crippen LogP) is 2.35. The van der Waals surface area contributed by atoms with Crippen LogP contribution in [0.25, 0.3) is 11.3 Å². The highest BCUT2D eigenvalue weighted by atomic mass is 16.5. The number of aromatic nitrogens is 1. The number of hydrogen-bond acceptors (Lipinski definition) is 3. The van der Waals surface area contributed by atoms with Crippen molar-refractivity contribution in [2.75, 3.05) is 7.11 Å². The van der Waals surface area contributed by atoms with E-state index in [1.54, 1.807) is 29.8 Å². The van der Waals surface area contributed by atoms with Crippen LogP contribution in [-0.2, 0) is 11.8 Å².